The molecule has 25 heavy (non-hydrogen) atoms. The van der Waals surface area contributed by atoms with Crippen molar-refractivity contribution < 1.29 is 14.0 Å². The average Bonchev–Trinajstić information content (AvgIpc) is 2.82. The highest BCUT2D eigenvalue weighted by molar-refractivity contribution is 6.62. The number of hydrogen-bond acceptors (Lipinski definition) is 5. The Morgan fingerprint density at radius 1 is 1.04 bits per heavy atom. The molecule has 2 heterocycles. The van der Waals surface area contributed by atoms with Crippen molar-refractivity contribution in [2.24, 2.45) is 0 Å². The van der Waals surface area contributed by atoms with Crippen LogP contribution in [-0.2, 0) is 14.0 Å². The van der Waals surface area contributed by atoms with Crippen LogP contribution >= 0.6 is 0 Å². The molecule has 1 saturated heterocycles. The molecule has 1 aliphatic rings. The SMILES string of the molecule is COC(C)c1cnc(-c2cccc(B3OC(C)(C)C(C)(C)O3)c2)nc1. The molecule has 0 aliphatic carbocycles. The number of hydrogen-bond donors (Lipinski definition) is 0. The molecular formula is C19H25BN2O3. The molecule has 132 valence electrons. The molecule has 0 amide bonds. The molecule has 1 atom stereocenters. The second kappa shape index (κ2) is 6.52. The van der Waals surface area contributed by atoms with Gasteiger partial charge in [0.2, 0.25) is 0 Å². The van der Waals surface area contributed by atoms with E-state index in [1.807, 2.05) is 31.2 Å². The number of aromatic nitrogens is 2. The van der Waals surface area contributed by atoms with Crippen molar-refractivity contribution >= 4 is 12.6 Å². The molecular weight excluding hydrogens is 315 g/mol. The largest absolute Gasteiger partial charge is 0.494 e. The minimum Gasteiger partial charge on any atom is -0.399 e. The van der Waals surface area contributed by atoms with E-state index in [2.05, 4.69) is 37.7 Å². The lowest BCUT2D eigenvalue weighted by Crippen LogP contribution is -2.41. The summed E-state index contributed by atoms with van der Waals surface area (Å²) in [6, 6.07) is 8.00. The number of rotatable bonds is 4. The number of ether oxygens (including phenoxy) is 1. The normalized spacial score (nSPS) is 19.8. The lowest BCUT2D eigenvalue weighted by molar-refractivity contribution is 0.00578. The highest BCUT2D eigenvalue weighted by Gasteiger charge is 2.51. The maximum atomic E-state index is 6.13. The highest BCUT2D eigenvalue weighted by atomic mass is 16.7. The van der Waals surface area contributed by atoms with E-state index in [0.717, 1.165) is 16.6 Å². The van der Waals surface area contributed by atoms with E-state index in [-0.39, 0.29) is 17.3 Å². The van der Waals surface area contributed by atoms with Crippen LogP contribution in [0.1, 0.15) is 46.3 Å². The van der Waals surface area contributed by atoms with Gasteiger partial charge in [-0.2, -0.15) is 0 Å². The van der Waals surface area contributed by atoms with Gasteiger partial charge in [-0.25, -0.2) is 9.97 Å². The molecule has 0 bridgehead atoms. The molecule has 2 aromatic rings. The van der Waals surface area contributed by atoms with Gasteiger partial charge in [0.05, 0.1) is 17.3 Å². The molecule has 1 aromatic carbocycles. The molecule has 0 spiro atoms. The minimum absolute atomic E-state index is 0.0230. The average molecular weight is 340 g/mol. The van der Waals surface area contributed by atoms with E-state index in [9.17, 15) is 0 Å². The summed E-state index contributed by atoms with van der Waals surface area (Å²) in [7, 11) is 1.28. The van der Waals surface area contributed by atoms with Crippen molar-refractivity contribution in [1.82, 2.24) is 9.97 Å². The van der Waals surface area contributed by atoms with Crippen LogP contribution in [0.4, 0.5) is 0 Å². The van der Waals surface area contributed by atoms with E-state index in [0.29, 0.717) is 5.82 Å². The molecule has 1 fully saturated rings. The van der Waals surface area contributed by atoms with Gasteiger partial charge in [-0.05, 0) is 40.1 Å². The topological polar surface area (TPSA) is 53.5 Å². The Bertz CT molecular complexity index is 731. The van der Waals surface area contributed by atoms with Gasteiger partial charge in [0.15, 0.2) is 5.82 Å². The van der Waals surface area contributed by atoms with E-state index < -0.39 is 7.12 Å². The molecule has 0 N–H and O–H groups in total. The van der Waals surface area contributed by atoms with Crippen molar-refractivity contribution in [3.05, 3.63) is 42.2 Å². The van der Waals surface area contributed by atoms with Gasteiger partial charge in [0.1, 0.15) is 0 Å². The maximum Gasteiger partial charge on any atom is 0.494 e. The zero-order valence-corrected chi connectivity index (χ0v) is 15.7. The zero-order chi connectivity index (χ0) is 18.2. The fourth-order valence-corrected chi connectivity index (χ4v) is 2.64. The predicted molar refractivity (Wildman–Crippen MR) is 98.6 cm³/mol. The van der Waals surface area contributed by atoms with Crippen LogP contribution in [0.2, 0.25) is 0 Å². The van der Waals surface area contributed by atoms with Crippen molar-refractivity contribution in [2.75, 3.05) is 7.11 Å². The monoisotopic (exact) mass is 340 g/mol. The fraction of sp³-hybridized carbons (Fsp3) is 0.474. The third kappa shape index (κ3) is 3.47. The van der Waals surface area contributed by atoms with Crippen molar-refractivity contribution in [1.29, 1.82) is 0 Å². The molecule has 0 saturated carbocycles. The van der Waals surface area contributed by atoms with Gasteiger partial charge in [0, 0.05) is 30.6 Å². The first-order chi connectivity index (χ1) is 11.7. The standard InChI is InChI=1S/C19H25BN2O3/c1-13(23-6)15-11-21-17(22-12-15)14-8-7-9-16(10-14)20-24-18(2,3)19(4,5)25-20/h7-13H,1-6H3. The van der Waals surface area contributed by atoms with Crippen LogP contribution < -0.4 is 5.46 Å². The van der Waals surface area contributed by atoms with E-state index in [4.69, 9.17) is 14.0 Å². The van der Waals surface area contributed by atoms with Crippen LogP contribution in [0.15, 0.2) is 36.7 Å². The first-order valence-corrected chi connectivity index (χ1v) is 8.54. The zero-order valence-electron chi connectivity index (χ0n) is 15.7. The van der Waals surface area contributed by atoms with Gasteiger partial charge in [-0.1, -0.05) is 24.3 Å². The Balaban J connectivity index is 1.85. The summed E-state index contributed by atoms with van der Waals surface area (Å²) in [6.07, 6.45) is 3.58. The van der Waals surface area contributed by atoms with Crippen LogP contribution in [0.5, 0.6) is 0 Å². The summed E-state index contributed by atoms with van der Waals surface area (Å²) in [5.74, 6) is 0.672. The maximum absolute atomic E-state index is 6.13. The molecule has 0 radical (unpaired) electrons. The first-order valence-electron chi connectivity index (χ1n) is 8.54. The lowest BCUT2D eigenvalue weighted by Gasteiger charge is -2.32. The van der Waals surface area contributed by atoms with Crippen LogP contribution in [0, 0.1) is 0 Å². The Kier molecular flexibility index (Phi) is 4.71. The third-order valence-electron chi connectivity index (χ3n) is 5.17. The quantitative estimate of drug-likeness (QED) is 0.801. The van der Waals surface area contributed by atoms with Crippen LogP contribution in [0.3, 0.4) is 0 Å². The lowest BCUT2D eigenvalue weighted by atomic mass is 9.78. The van der Waals surface area contributed by atoms with Gasteiger partial charge >= 0.3 is 7.12 Å². The van der Waals surface area contributed by atoms with E-state index in [1.165, 1.54) is 0 Å². The molecule has 3 rings (SSSR count). The molecule has 1 aliphatic heterocycles. The summed E-state index contributed by atoms with van der Waals surface area (Å²) < 4.78 is 17.5. The van der Waals surface area contributed by atoms with Crippen molar-refractivity contribution in [3.63, 3.8) is 0 Å². The molecule has 6 heteroatoms. The summed E-state index contributed by atoms with van der Waals surface area (Å²) in [5, 5.41) is 0. The minimum atomic E-state index is -0.391. The molecule has 1 aromatic heterocycles. The first kappa shape index (κ1) is 18.0. The highest BCUT2D eigenvalue weighted by Crippen LogP contribution is 2.36. The van der Waals surface area contributed by atoms with Gasteiger partial charge in [-0.15, -0.1) is 0 Å². The number of nitrogens with zero attached hydrogens (tertiary/aromatic N) is 2. The van der Waals surface area contributed by atoms with Gasteiger partial charge in [0.25, 0.3) is 0 Å². The number of methoxy groups -OCH3 is 1. The molecule has 5 nitrogen and oxygen atoms in total. The number of benzene rings is 1. The van der Waals surface area contributed by atoms with Crippen LogP contribution in [0.25, 0.3) is 11.4 Å². The van der Waals surface area contributed by atoms with E-state index >= 15 is 0 Å². The van der Waals surface area contributed by atoms with Crippen molar-refractivity contribution in [3.8, 4) is 11.4 Å². The van der Waals surface area contributed by atoms with Gasteiger partial charge < -0.3 is 14.0 Å². The fourth-order valence-electron chi connectivity index (χ4n) is 2.64. The van der Waals surface area contributed by atoms with Gasteiger partial charge in [-0.3, -0.25) is 0 Å². The Labute approximate surface area is 149 Å². The second-order valence-corrected chi connectivity index (χ2v) is 7.43. The van der Waals surface area contributed by atoms with Crippen molar-refractivity contribution in [2.45, 2.75) is 51.9 Å². The third-order valence-corrected chi connectivity index (χ3v) is 5.17. The predicted octanol–water partition coefficient (Wildman–Crippen LogP) is 3.15. The Morgan fingerprint density at radius 3 is 2.20 bits per heavy atom. The van der Waals surface area contributed by atoms with Crippen LogP contribution in [-0.4, -0.2) is 35.4 Å². The smallest absolute Gasteiger partial charge is 0.399 e. The Hall–Kier alpha value is -1.76. The summed E-state index contributed by atoms with van der Waals surface area (Å²) in [6.45, 7) is 10.2. The molecule has 1 unspecified atom stereocenters. The summed E-state index contributed by atoms with van der Waals surface area (Å²) in [5.41, 5.74) is 2.14. The summed E-state index contributed by atoms with van der Waals surface area (Å²) in [4.78, 5) is 8.94. The van der Waals surface area contributed by atoms with E-state index in [1.54, 1.807) is 19.5 Å². The second-order valence-electron chi connectivity index (χ2n) is 7.43. The Morgan fingerprint density at radius 2 is 1.64 bits per heavy atom. The summed E-state index contributed by atoms with van der Waals surface area (Å²) >= 11 is 0.